The maximum Gasteiger partial charge on any atom is 0.108 e. The van der Waals surface area contributed by atoms with Crippen molar-refractivity contribution in [3.63, 3.8) is 0 Å². The Labute approximate surface area is 124 Å². The highest BCUT2D eigenvalue weighted by Gasteiger charge is 2.19. The number of hydrogen-bond acceptors (Lipinski definition) is 3. The highest BCUT2D eigenvalue weighted by molar-refractivity contribution is 5.81. The fraction of sp³-hybridized carbons (Fsp3) is 0.353. The summed E-state index contributed by atoms with van der Waals surface area (Å²) in [5, 5.41) is 9.31. The molecule has 0 saturated heterocycles. The summed E-state index contributed by atoms with van der Waals surface area (Å²) in [4.78, 5) is 0. The van der Waals surface area contributed by atoms with E-state index in [1.54, 1.807) is 6.26 Å². The highest BCUT2D eigenvalue weighted by atomic mass is 16.3. The molecule has 1 atom stereocenters. The third-order valence-corrected chi connectivity index (χ3v) is 4.06. The van der Waals surface area contributed by atoms with Crippen molar-refractivity contribution in [2.75, 3.05) is 7.05 Å². The van der Waals surface area contributed by atoms with Crippen molar-refractivity contribution in [1.29, 1.82) is 0 Å². The maximum absolute atomic E-state index is 5.56. The topological polar surface area (TPSA) is 43.0 Å². The molecule has 0 radical (unpaired) electrons. The molecule has 3 rings (SSSR count). The molecule has 1 aromatic carbocycles. The number of nitrogens with one attached hydrogen (secondary N) is 1. The Kier molecular flexibility index (Phi) is 3.80. The van der Waals surface area contributed by atoms with Crippen molar-refractivity contribution >= 4 is 10.9 Å². The zero-order chi connectivity index (χ0) is 14.8. The van der Waals surface area contributed by atoms with Crippen LogP contribution in [0.2, 0.25) is 0 Å². The third-order valence-electron chi connectivity index (χ3n) is 4.06. The lowest BCUT2D eigenvalue weighted by atomic mass is 10.00. The Bertz CT molecular complexity index is 741. The number of aryl methyl sites for hydroxylation is 2. The molecule has 0 fully saturated rings. The van der Waals surface area contributed by atoms with Gasteiger partial charge in [0.1, 0.15) is 5.76 Å². The molecule has 0 amide bonds. The first-order valence-electron chi connectivity index (χ1n) is 7.38. The normalized spacial score (nSPS) is 12.9. The number of fused-ring (bicyclic) bond motifs is 1. The number of hydrogen-bond donors (Lipinski definition) is 1. The molecule has 2 heterocycles. The summed E-state index contributed by atoms with van der Waals surface area (Å²) < 4.78 is 7.51. The van der Waals surface area contributed by atoms with E-state index in [4.69, 9.17) is 4.42 Å². The summed E-state index contributed by atoms with van der Waals surface area (Å²) in [6.45, 7) is 2.12. The molecule has 3 aromatic rings. The molecule has 0 aliphatic rings. The van der Waals surface area contributed by atoms with Crippen LogP contribution in [-0.2, 0) is 19.9 Å². The van der Waals surface area contributed by atoms with Crippen LogP contribution >= 0.6 is 0 Å². The largest absolute Gasteiger partial charge is 0.469 e. The van der Waals surface area contributed by atoms with Gasteiger partial charge in [0.2, 0.25) is 0 Å². The van der Waals surface area contributed by atoms with Crippen molar-refractivity contribution < 1.29 is 4.42 Å². The number of likely N-dealkylation sites (N-methyl/N-ethyl adjacent to an activating group) is 1. The molecule has 4 heteroatoms. The van der Waals surface area contributed by atoms with Crippen LogP contribution in [0.15, 0.2) is 41.0 Å². The van der Waals surface area contributed by atoms with Gasteiger partial charge in [0.25, 0.3) is 0 Å². The lowest BCUT2D eigenvalue weighted by molar-refractivity contribution is 0.494. The van der Waals surface area contributed by atoms with Crippen molar-refractivity contribution in [3.05, 3.63) is 53.6 Å². The molecular formula is C17H21N3O. The summed E-state index contributed by atoms with van der Waals surface area (Å²) in [5.74, 6) is 1.05. The van der Waals surface area contributed by atoms with Gasteiger partial charge in [-0.15, -0.1) is 0 Å². The molecule has 0 aliphatic heterocycles. The van der Waals surface area contributed by atoms with Crippen LogP contribution in [0.25, 0.3) is 10.9 Å². The van der Waals surface area contributed by atoms with E-state index < -0.39 is 0 Å². The number of para-hydroxylation sites is 1. The average molecular weight is 283 g/mol. The quantitative estimate of drug-likeness (QED) is 0.781. The molecule has 0 aliphatic carbocycles. The zero-order valence-electron chi connectivity index (χ0n) is 12.8. The molecule has 4 nitrogen and oxygen atoms in total. The van der Waals surface area contributed by atoms with Gasteiger partial charge in [0.05, 0.1) is 17.5 Å². The number of aromatic nitrogens is 2. The second kappa shape index (κ2) is 5.74. The minimum Gasteiger partial charge on any atom is -0.469 e. The predicted octanol–water partition coefficient (Wildman–Crippen LogP) is 3.23. The Hall–Kier alpha value is -2.07. The number of nitrogens with zero attached hydrogens (tertiary/aromatic N) is 2. The van der Waals surface area contributed by atoms with E-state index in [1.165, 1.54) is 16.5 Å². The number of furan rings is 1. The van der Waals surface area contributed by atoms with Crippen molar-refractivity contribution in [2.24, 2.45) is 7.05 Å². The molecule has 2 aromatic heterocycles. The van der Waals surface area contributed by atoms with Crippen LogP contribution in [0.3, 0.4) is 0 Å². The molecule has 0 bridgehead atoms. The zero-order valence-corrected chi connectivity index (χ0v) is 12.8. The first kappa shape index (κ1) is 13.9. The Morgan fingerprint density at radius 3 is 2.86 bits per heavy atom. The second-order valence-corrected chi connectivity index (χ2v) is 5.29. The minimum atomic E-state index is 0.219. The monoisotopic (exact) mass is 283 g/mol. The van der Waals surface area contributed by atoms with Gasteiger partial charge >= 0.3 is 0 Å². The van der Waals surface area contributed by atoms with Gasteiger partial charge in [-0.2, -0.15) is 5.10 Å². The van der Waals surface area contributed by atoms with E-state index in [0.717, 1.165) is 24.3 Å². The molecule has 0 saturated carbocycles. The number of rotatable bonds is 5. The van der Waals surface area contributed by atoms with E-state index in [-0.39, 0.29) is 6.04 Å². The van der Waals surface area contributed by atoms with Crippen molar-refractivity contribution in [1.82, 2.24) is 15.1 Å². The van der Waals surface area contributed by atoms with Crippen LogP contribution in [0.4, 0.5) is 0 Å². The first-order valence-corrected chi connectivity index (χ1v) is 7.38. The summed E-state index contributed by atoms with van der Waals surface area (Å²) >= 11 is 0. The molecule has 0 spiro atoms. The van der Waals surface area contributed by atoms with Crippen LogP contribution in [0.1, 0.15) is 30.0 Å². The van der Waals surface area contributed by atoms with Crippen LogP contribution in [-0.4, -0.2) is 16.8 Å². The van der Waals surface area contributed by atoms with E-state index in [2.05, 4.69) is 47.7 Å². The van der Waals surface area contributed by atoms with Gasteiger partial charge in [-0.05, 0) is 19.2 Å². The lowest BCUT2D eigenvalue weighted by Crippen LogP contribution is -2.19. The third kappa shape index (κ3) is 2.47. The second-order valence-electron chi connectivity index (χ2n) is 5.29. The molecule has 1 N–H and O–H groups in total. The Balaban J connectivity index is 1.96. The van der Waals surface area contributed by atoms with Gasteiger partial charge < -0.3 is 9.73 Å². The van der Waals surface area contributed by atoms with E-state index >= 15 is 0 Å². The summed E-state index contributed by atoms with van der Waals surface area (Å²) in [5.41, 5.74) is 3.52. The molecule has 110 valence electrons. The van der Waals surface area contributed by atoms with E-state index in [9.17, 15) is 0 Å². The molecular weight excluding hydrogens is 262 g/mol. The van der Waals surface area contributed by atoms with Gasteiger partial charge in [-0.25, -0.2) is 0 Å². The van der Waals surface area contributed by atoms with Crippen LogP contribution < -0.4 is 5.32 Å². The Morgan fingerprint density at radius 1 is 1.29 bits per heavy atom. The predicted molar refractivity (Wildman–Crippen MR) is 84.3 cm³/mol. The maximum atomic E-state index is 5.56. The van der Waals surface area contributed by atoms with Crippen molar-refractivity contribution in [3.8, 4) is 0 Å². The van der Waals surface area contributed by atoms with Gasteiger partial charge in [0.15, 0.2) is 0 Å². The Morgan fingerprint density at radius 2 is 2.10 bits per heavy atom. The van der Waals surface area contributed by atoms with Crippen molar-refractivity contribution in [2.45, 2.75) is 25.8 Å². The molecule has 1 unspecified atom stereocenters. The first-order chi connectivity index (χ1) is 10.2. The summed E-state index contributed by atoms with van der Waals surface area (Å²) in [6, 6.07) is 10.6. The standard InChI is InChI=1S/C17H21N3O/c1-4-17-13(9-10-21-17)14(18-2)11-15-12-7-5-6-8-16(12)20(3)19-15/h5-10,14,18H,4,11H2,1-3H3. The fourth-order valence-electron chi connectivity index (χ4n) is 2.95. The lowest BCUT2D eigenvalue weighted by Gasteiger charge is -2.15. The van der Waals surface area contributed by atoms with Crippen LogP contribution in [0, 0.1) is 0 Å². The van der Waals surface area contributed by atoms with Gasteiger partial charge in [-0.3, -0.25) is 4.68 Å². The van der Waals surface area contributed by atoms with E-state index in [0.29, 0.717) is 0 Å². The minimum absolute atomic E-state index is 0.219. The van der Waals surface area contributed by atoms with Gasteiger partial charge in [0, 0.05) is 36.9 Å². The summed E-state index contributed by atoms with van der Waals surface area (Å²) in [7, 11) is 3.98. The SMILES string of the molecule is CCc1occc1C(Cc1nn(C)c2ccccc12)NC. The van der Waals surface area contributed by atoms with Crippen LogP contribution in [0.5, 0.6) is 0 Å². The number of benzene rings is 1. The highest BCUT2D eigenvalue weighted by Crippen LogP contribution is 2.26. The summed E-state index contributed by atoms with van der Waals surface area (Å²) in [6.07, 6.45) is 3.53. The van der Waals surface area contributed by atoms with E-state index in [1.807, 2.05) is 18.8 Å². The average Bonchev–Trinajstić information content (AvgIpc) is 3.10. The molecule has 21 heavy (non-hydrogen) atoms. The smallest absolute Gasteiger partial charge is 0.108 e. The fourth-order valence-corrected chi connectivity index (χ4v) is 2.95. The van der Waals surface area contributed by atoms with Gasteiger partial charge in [-0.1, -0.05) is 25.1 Å².